The molecule has 0 saturated heterocycles. The Bertz CT molecular complexity index is 255. The molecule has 0 amide bonds. The Hall–Kier alpha value is -0.0500. The molecule has 3 heteroatoms. The van der Waals surface area contributed by atoms with Gasteiger partial charge in [0.15, 0.2) is 0 Å². The molecule has 0 atom stereocenters. The molecule has 1 nitrogen and oxygen atoms in total. The highest BCUT2D eigenvalue weighted by atomic mass is 35.5. The molecule has 0 spiro atoms. The van der Waals surface area contributed by atoms with Crippen LogP contribution in [0.4, 0.5) is 0 Å². The lowest BCUT2D eigenvalue weighted by Gasteiger charge is -2.21. The zero-order valence-corrected chi connectivity index (χ0v) is 9.00. The van der Waals surface area contributed by atoms with Crippen molar-refractivity contribution < 1.29 is 0 Å². The zero-order chi connectivity index (χ0) is 9.19. The minimum atomic E-state index is 0.161. The van der Waals surface area contributed by atoms with Crippen molar-refractivity contribution in [3.63, 3.8) is 0 Å². The zero-order valence-electron chi connectivity index (χ0n) is 7.43. The lowest BCUT2D eigenvalue weighted by atomic mass is 9.89. The highest BCUT2D eigenvalue weighted by Gasteiger charge is 2.18. The van der Waals surface area contributed by atoms with Gasteiger partial charge in [0, 0.05) is 4.88 Å². The summed E-state index contributed by atoms with van der Waals surface area (Å²) < 4.78 is 0. The van der Waals surface area contributed by atoms with Crippen LogP contribution >= 0.6 is 22.9 Å². The summed E-state index contributed by atoms with van der Waals surface area (Å²) in [6.45, 7) is 5.01. The summed E-state index contributed by atoms with van der Waals surface area (Å²) >= 11 is 7.68. The molecule has 0 aliphatic carbocycles. The maximum absolute atomic E-state index is 5.97. The summed E-state index contributed by atoms with van der Waals surface area (Å²) in [7, 11) is 0. The van der Waals surface area contributed by atoms with Crippen molar-refractivity contribution >= 4 is 22.9 Å². The standard InChI is InChI=1S/C9H14ClNS/c1-9(2,6-11)5-8-7(10)3-4-12-8/h3-4H,5-6,11H2,1-2H3. The Kier molecular flexibility index (Phi) is 3.16. The van der Waals surface area contributed by atoms with E-state index in [1.54, 1.807) is 11.3 Å². The van der Waals surface area contributed by atoms with Crippen LogP contribution in [-0.2, 0) is 6.42 Å². The molecule has 0 radical (unpaired) electrons. The molecule has 1 aromatic heterocycles. The van der Waals surface area contributed by atoms with Crippen LogP contribution in [-0.4, -0.2) is 6.54 Å². The number of thiophene rings is 1. The molecule has 0 bridgehead atoms. The van der Waals surface area contributed by atoms with Crippen molar-refractivity contribution in [3.05, 3.63) is 21.3 Å². The van der Waals surface area contributed by atoms with E-state index < -0.39 is 0 Å². The summed E-state index contributed by atoms with van der Waals surface area (Å²) in [5, 5.41) is 2.89. The molecule has 68 valence electrons. The first kappa shape index (κ1) is 10.0. The van der Waals surface area contributed by atoms with Crippen LogP contribution in [0.5, 0.6) is 0 Å². The van der Waals surface area contributed by atoms with E-state index in [0.29, 0.717) is 6.54 Å². The van der Waals surface area contributed by atoms with Gasteiger partial charge >= 0.3 is 0 Å². The van der Waals surface area contributed by atoms with Crippen LogP contribution in [0, 0.1) is 5.41 Å². The van der Waals surface area contributed by atoms with Crippen molar-refractivity contribution in [1.82, 2.24) is 0 Å². The molecule has 0 unspecified atom stereocenters. The highest BCUT2D eigenvalue weighted by molar-refractivity contribution is 7.10. The van der Waals surface area contributed by atoms with Crippen molar-refractivity contribution in [2.75, 3.05) is 6.54 Å². The highest BCUT2D eigenvalue weighted by Crippen LogP contribution is 2.29. The van der Waals surface area contributed by atoms with Crippen LogP contribution in [0.25, 0.3) is 0 Å². The molecular formula is C9H14ClNS. The van der Waals surface area contributed by atoms with Gasteiger partial charge in [-0.05, 0) is 29.8 Å². The van der Waals surface area contributed by atoms with E-state index in [1.165, 1.54) is 4.88 Å². The number of hydrogen-bond acceptors (Lipinski definition) is 2. The summed E-state index contributed by atoms with van der Waals surface area (Å²) in [6, 6.07) is 1.94. The third-order valence-electron chi connectivity index (χ3n) is 1.88. The van der Waals surface area contributed by atoms with Gasteiger partial charge in [-0.3, -0.25) is 0 Å². The normalized spacial score (nSPS) is 12.0. The molecule has 1 heterocycles. The second kappa shape index (κ2) is 3.77. The molecule has 0 aromatic carbocycles. The van der Waals surface area contributed by atoms with E-state index in [9.17, 15) is 0 Å². The summed E-state index contributed by atoms with van der Waals surface area (Å²) in [5.41, 5.74) is 5.80. The monoisotopic (exact) mass is 203 g/mol. The van der Waals surface area contributed by atoms with Gasteiger partial charge < -0.3 is 5.73 Å². The predicted molar refractivity (Wildman–Crippen MR) is 55.9 cm³/mol. The molecule has 2 N–H and O–H groups in total. The molecule has 0 aliphatic rings. The first-order valence-corrected chi connectivity index (χ1v) is 5.23. The average molecular weight is 204 g/mol. The number of nitrogens with two attached hydrogens (primary N) is 1. The van der Waals surface area contributed by atoms with Gasteiger partial charge in [-0.1, -0.05) is 25.4 Å². The van der Waals surface area contributed by atoms with E-state index >= 15 is 0 Å². The van der Waals surface area contributed by atoms with E-state index in [-0.39, 0.29) is 5.41 Å². The molecular weight excluding hydrogens is 190 g/mol. The fourth-order valence-electron chi connectivity index (χ4n) is 0.958. The SMILES string of the molecule is CC(C)(CN)Cc1sccc1Cl. The minimum absolute atomic E-state index is 0.161. The van der Waals surface area contributed by atoms with Gasteiger partial charge in [0.2, 0.25) is 0 Å². The van der Waals surface area contributed by atoms with Crippen molar-refractivity contribution in [2.24, 2.45) is 11.1 Å². The lowest BCUT2D eigenvalue weighted by molar-refractivity contribution is 0.380. The number of halogens is 1. The maximum Gasteiger partial charge on any atom is 0.0545 e. The van der Waals surface area contributed by atoms with Gasteiger partial charge in [-0.25, -0.2) is 0 Å². The third-order valence-corrected chi connectivity index (χ3v) is 3.27. The lowest BCUT2D eigenvalue weighted by Crippen LogP contribution is -2.25. The van der Waals surface area contributed by atoms with Crippen molar-refractivity contribution in [3.8, 4) is 0 Å². The second-order valence-electron chi connectivity index (χ2n) is 3.74. The molecule has 12 heavy (non-hydrogen) atoms. The Morgan fingerprint density at radius 1 is 1.58 bits per heavy atom. The molecule has 1 rings (SSSR count). The fourth-order valence-corrected chi connectivity index (χ4v) is 2.32. The average Bonchev–Trinajstić information content (AvgIpc) is 2.36. The third kappa shape index (κ3) is 2.47. The van der Waals surface area contributed by atoms with Crippen LogP contribution in [0.2, 0.25) is 5.02 Å². The minimum Gasteiger partial charge on any atom is -0.330 e. The summed E-state index contributed by atoms with van der Waals surface area (Å²) in [6.07, 6.45) is 0.972. The van der Waals surface area contributed by atoms with Crippen LogP contribution in [0.3, 0.4) is 0 Å². The van der Waals surface area contributed by atoms with Gasteiger partial charge in [-0.15, -0.1) is 11.3 Å². The number of rotatable bonds is 3. The van der Waals surface area contributed by atoms with Crippen molar-refractivity contribution in [2.45, 2.75) is 20.3 Å². The van der Waals surface area contributed by atoms with E-state index in [1.807, 2.05) is 11.4 Å². The Balaban J connectivity index is 2.70. The quantitative estimate of drug-likeness (QED) is 0.804. The Morgan fingerprint density at radius 3 is 2.67 bits per heavy atom. The largest absolute Gasteiger partial charge is 0.330 e. The molecule has 1 aromatic rings. The second-order valence-corrected chi connectivity index (χ2v) is 5.14. The van der Waals surface area contributed by atoms with Gasteiger partial charge in [0.1, 0.15) is 0 Å². The van der Waals surface area contributed by atoms with E-state index in [0.717, 1.165) is 11.4 Å². The predicted octanol–water partition coefficient (Wildman–Crippen LogP) is 2.93. The molecule has 0 fully saturated rings. The van der Waals surface area contributed by atoms with Gasteiger partial charge in [0.25, 0.3) is 0 Å². The van der Waals surface area contributed by atoms with Crippen molar-refractivity contribution in [1.29, 1.82) is 0 Å². The van der Waals surface area contributed by atoms with Crippen LogP contribution in [0.15, 0.2) is 11.4 Å². The topological polar surface area (TPSA) is 26.0 Å². The van der Waals surface area contributed by atoms with Gasteiger partial charge in [0.05, 0.1) is 5.02 Å². The van der Waals surface area contributed by atoms with Gasteiger partial charge in [-0.2, -0.15) is 0 Å². The summed E-state index contributed by atoms with van der Waals surface area (Å²) in [4.78, 5) is 1.24. The Morgan fingerprint density at radius 2 is 2.25 bits per heavy atom. The first-order valence-electron chi connectivity index (χ1n) is 3.97. The summed E-state index contributed by atoms with van der Waals surface area (Å²) in [5.74, 6) is 0. The van der Waals surface area contributed by atoms with E-state index in [4.69, 9.17) is 17.3 Å². The van der Waals surface area contributed by atoms with E-state index in [2.05, 4.69) is 13.8 Å². The number of hydrogen-bond donors (Lipinski definition) is 1. The molecule has 0 aliphatic heterocycles. The van der Waals surface area contributed by atoms with Crippen LogP contribution in [0.1, 0.15) is 18.7 Å². The fraction of sp³-hybridized carbons (Fsp3) is 0.556. The van der Waals surface area contributed by atoms with Crippen LogP contribution < -0.4 is 5.73 Å². The smallest absolute Gasteiger partial charge is 0.0545 e. The Labute approximate surface area is 82.5 Å². The molecule has 0 saturated carbocycles. The first-order chi connectivity index (χ1) is 5.55. The maximum atomic E-state index is 5.97.